The Balaban J connectivity index is 1.50. The molecule has 3 heterocycles. The van der Waals surface area contributed by atoms with Crippen molar-refractivity contribution in [3.8, 4) is 11.5 Å². The van der Waals surface area contributed by atoms with Crippen LogP contribution in [0.5, 0.6) is 0 Å². The average Bonchev–Trinajstić information content (AvgIpc) is 3.13. The molecule has 0 saturated heterocycles. The highest BCUT2D eigenvalue weighted by atomic mass is 19.1. The minimum atomic E-state index is -0.457. The van der Waals surface area contributed by atoms with Crippen LogP contribution in [0.3, 0.4) is 0 Å². The van der Waals surface area contributed by atoms with Gasteiger partial charge in [0, 0.05) is 0 Å². The Hall–Kier alpha value is -2.44. The van der Waals surface area contributed by atoms with Gasteiger partial charge in [-0.05, 0) is 61.8 Å². The third kappa shape index (κ3) is 2.88. The summed E-state index contributed by atoms with van der Waals surface area (Å²) in [5, 5.41) is 7.41. The van der Waals surface area contributed by atoms with Crippen LogP contribution in [0.4, 0.5) is 8.78 Å². The van der Waals surface area contributed by atoms with Crippen molar-refractivity contribution in [3.05, 3.63) is 35.8 Å². The molecule has 3 fully saturated rings. The van der Waals surface area contributed by atoms with E-state index in [9.17, 15) is 8.78 Å². The summed E-state index contributed by atoms with van der Waals surface area (Å²) in [5.41, 5.74) is 1.31. The fraction of sp³-hybridized carbons (Fsp3) is 0.524. The molecule has 5 nitrogen and oxygen atoms in total. The normalized spacial score (nSPS) is 26.8. The van der Waals surface area contributed by atoms with E-state index in [4.69, 9.17) is 0 Å². The monoisotopic (exact) mass is 383 g/mol. The van der Waals surface area contributed by atoms with Crippen molar-refractivity contribution < 1.29 is 8.78 Å². The highest BCUT2D eigenvalue weighted by Crippen LogP contribution is 2.51. The third-order valence-corrected chi connectivity index (χ3v) is 6.89. The van der Waals surface area contributed by atoms with Crippen molar-refractivity contribution in [2.45, 2.75) is 45.4 Å². The molecule has 2 bridgehead atoms. The van der Waals surface area contributed by atoms with Gasteiger partial charge in [-0.3, -0.25) is 5.10 Å². The van der Waals surface area contributed by atoms with Gasteiger partial charge in [0.2, 0.25) is 0 Å². The van der Waals surface area contributed by atoms with Crippen LogP contribution in [-0.4, -0.2) is 25.1 Å². The molecule has 2 atom stereocenters. The lowest BCUT2D eigenvalue weighted by Gasteiger charge is -2.48. The van der Waals surface area contributed by atoms with Gasteiger partial charge in [0.15, 0.2) is 17.3 Å². The van der Waals surface area contributed by atoms with Gasteiger partial charge in [0.05, 0.1) is 23.5 Å². The summed E-state index contributed by atoms with van der Waals surface area (Å²) in [4.78, 5) is 12.6. The van der Waals surface area contributed by atoms with Crippen molar-refractivity contribution in [1.82, 2.24) is 25.1 Å². The molecule has 146 valence electrons. The number of rotatable bonds is 4. The smallest absolute Gasteiger partial charge is 0.181 e. The lowest BCUT2D eigenvalue weighted by atomic mass is 9.57. The molecular formula is C21H23F2N5. The lowest BCUT2D eigenvalue weighted by Crippen LogP contribution is -2.41. The molecular weight excluding hydrogens is 360 g/mol. The number of fused-ring (bicyclic) bond motifs is 4. The van der Waals surface area contributed by atoms with Crippen LogP contribution in [-0.2, 0) is 6.42 Å². The number of pyridine rings is 1. The molecule has 0 spiro atoms. The van der Waals surface area contributed by atoms with Crippen LogP contribution >= 0.6 is 0 Å². The largest absolute Gasteiger partial charge is 0.272 e. The third-order valence-electron chi connectivity index (χ3n) is 6.89. The van der Waals surface area contributed by atoms with Crippen LogP contribution in [0.25, 0.3) is 22.6 Å². The predicted molar refractivity (Wildman–Crippen MR) is 101 cm³/mol. The standard InChI is InChI=1S/C21H23F2N5/c1-2-14-11-3-5-12(6-4-11)15(14)8-18-17(23)10-25-21(26-18)19-16-7-13(22)9-24-20(16)28-27-19/h7,9-12,14-15H,2-6,8H2,1H3,(H,24,27,28)/t11?,12?,14-,15?/m1/s1. The molecule has 1 N–H and O–H groups in total. The van der Waals surface area contributed by atoms with Crippen LogP contribution in [0.15, 0.2) is 18.5 Å². The first-order chi connectivity index (χ1) is 13.6. The predicted octanol–water partition coefficient (Wildman–Crippen LogP) is 4.70. The van der Waals surface area contributed by atoms with Crippen molar-refractivity contribution in [3.63, 3.8) is 0 Å². The lowest BCUT2D eigenvalue weighted by molar-refractivity contribution is 0.0203. The molecule has 0 radical (unpaired) electrons. The average molecular weight is 383 g/mol. The van der Waals surface area contributed by atoms with Gasteiger partial charge in [-0.2, -0.15) is 5.10 Å². The van der Waals surface area contributed by atoms with Crippen LogP contribution in [0, 0.1) is 35.3 Å². The number of halogens is 2. The van der Waals surface area contributed by atoms with E-state index in [2.05, 4.69) is 32.1 Å². The molecule has 7 heteroatoms. The molecule has 3 aliphatic carbocycles. The Bertz CT molecular complexity index is 1010. The summed E-state index contributed by atoms with van der Waals surface area (Å²) < 4.78 is 28.2. The van der Waals surface area contributed by atoms with Gasteiger partial charge in [-0.1, -0.05) is 13.3 Å². The van der Waals surface area contributed by atoms with Gasteiger partial charge in [0.1, 0.15) is 11.5 Å². The van der Waals surface area contributed by atoms with E-state index in [-0.39, 0.29) is 5.82 Å². The summed E-state index contributed by atoms with van der Waals surface area (Å²) in [5.74, 6) is 2.08. The molecule has 28 heavy (non-hydrogen) atoms. The van der Waals surface area contributed by atoms with E-state index in [0.29, 0.717) is 52.4 Å². The van der Waals surface area contributed by atoms with E-state index >= 15 is 0 Å². The molecule has 0 amide bonds. The van der Waals surface area contributed by atoms with E-state index < -0.39 is 5.82 Å². The number of hydrogen-bond donors (Lipinski definition) is 1. The Morgan fingerprint density at radius 1 is 1.04 bits per heavy atom. The zero-order valence-electron chi connectivity index (χ0n) is 15.8. The minimum absolute atomic E-state index is 0.334. The molecule has 3 aromatic heterocycles. The molecule has 1 unspecified atom stereocenters. The maximum Gasteiger partial charge on any atom is 0.181 e. The quantitative estimate of drug-likeness (QED) is 0.709. The van der Waals surface area contributed by atoms with Crippen LogP contribution in [0.2, 0.25) is 0 Å². The second-order valence-corrected chi connectivity index (χ2v) is 8.23. The van der Waals surface area contributed by atoms with E-state index in [1.54, 1.807) is 0 Å². The first-order valence-corrected chi connectivity index (χ1v) is 10.2. The minimum Gasteiger partial charge on any atom is -0.272 e. The van der Waals surface area contributed by atoms with E-state index in [1.807, 2.05) is 0 Å². The van der Waals surface area contributed by atoms with Crippen molar-refractivity contribution in [2.24, 2.45) is 23.7 Å². The second-order valence-electron chi connectivity index (χ2n) is 8.23. The summed E-state index contributed by atoms with van der Waals surface area (Å²) in [7, 11) is 0. The van der Waals surface area contributed by atoms with Crippen LogP contribution < -0.4 is 0 Å². The van der Waals surface area contributed by atoms with Gasteiger partial charge >= 0.3 is 0 Å². The van der Waals surface area contributed by atoms with Gasteiger partial charge < -0.3 is 0 Å². The maximum absolute atomic E-state index is 14.6. The van der Waals surface area contributed by atoms with E-state index in [1.165, 1.54) is 37.9 Å². The zero-order valence-corrected chi connectivity index (χ0v) is 15.8. The van der Waals surface area contributed by atoms with E-state index in [0.717, 1.165) is 18.5 Å². The number of H-pyrrole nitrogens is 1. The summed E-state index contributed by atoms with van der Waals surface area (Å²) in [6.07, 6.45) is 9.25. The Morgan fingerprint density at radius 3 is 2.54 bits per heavy atom. The highest BCUT2D eigenvalue weighted by molar-refractivity contribution is 5.88. The second kappa shape index (κ2) is 6.87. The van der Waals surface area contributed by atoms with Crippen molar-refractivity contribution >= 4 is 11.0 Å². The molecule has 0 aliphatic heterocycles. The fourth-order valence-corrected chi connectivity index (χ4v) is 5.59. The first kappa shape index (κ1) is 17.6. The number of aromatic nitrogens is 5. The Labute approximate surface area is 162 Å². The molecule has 0 aromatic carbocycles. The first-order valence-electron chi connectivity index (χ1n) is 10.2. The number of hydrogen-bond acceptors (Lipinski definition) is 4. The van der Waals surface area contributed by atoms with Gasteiger partial charge in [-0.15, -0.1) is 0 Å². The zero-order chi connectivity index (χ0) is 19.3. The fourth-order valence-electron chi connectivity index (χ4n) is 5.59. The SMILES string of the molecule is CC[C@@H]1C2CCC(CC2)C1Cc1nc(-c2[nH]nc3ncc(F)cc23)ncc1F. The topological polar surface area (TPSA) is 67.3 Å². The Kier molecular flexibility index (Phi) is 4.33. The van der Waals surface area contributed by atoms with Crippen molar-refractivity contribution in [2.75, 3.05) is 0 Å². The highest BCUT2D eigenvalue weighted by Gasteiger charge is 2.42. The van der Waals surface area contributed by atoms with Crippen molar-refractivity contribution in [1.29, 1.82) is 0 Å². The molecule has 3 aliphatic rings. The number of nitrogens with zero attached hydrogens (tertiary/aromatic N) is 4. The summed E-state index contributed by atoms with van der Waals surface area (Å²) in [6, 6.07) is 1.35. The molecule has 3 aromatic rings. The van der Waals surface area contributed by atoms with Gasteiger partial charge in [0.25, 0.3) is 0 Å². The number of nitrogens with one attached hydrogen (secondary N) is 1. The molecule has 3 saturated carbocycles. The maximum atomic E-state index is 14.6. The summed E-state index contributed by atoms with van der Waals surface area (Å²) >= 11 is 0. The van der Waals surface area contributed by atoms with Gasteiger partial charge in [-0.25, -0.2) is 23.7 Å². The van der Waals surface area contributed by atoms with Crippen LogP contribution in [0.1, 0.15) is 44.7 Å². The summed E-state index contributed by atoms with van der Waals surface area (Å²) in [6.45, 7) is 2.25. The molecule has 6 rings (SSSR count). The number of aromatic amines is 1. The Morgan fingerprint density at radius 2 is 1.79 bits per heavy atom.